The lowest BCUT2D eigenvalue weighted by atomic mass is 10.1. The molecular weight excluding hydrogens is 206 g/mol. The summed E-state index contributed by atoms with van der Waals surface area (Å²) in [5.74, 6) is 0. The first kappa shape index (κ1) is 10.7. The maximum Gasteiger partial charge on any atom is 0.269 e. The maximum atomic E-state index is 10.4. The number of rotatable bonds is 4. The fourth-order valence-corrected chi connectivity index (χ4v) is 1.25. The van der Waals surface area contributed by atoms with Crippen molar-refractivity contribution in [3.63, 3.8) is 0 Å². The van der Waals surface area contributed by atoms with Crippen LogP contribution in [0.25, 0.3) is 0 Å². The quantitative estimate of drug-likeness (QED) is 0.332. The number of alkyl halides is 1. The van der Waals surface area contributed by atoms with Gasteiger partial charge in [-0.15, -0.1) is 11.6 Å². The molecule has 0 spiro atoms. The number of non-ortho nitro benzene ring substituents is 1. The second kappa shape index (κ2) is 4.72. The molecule has 0 bridgehead atoms. The second-order valence-corrected chi connectivity index (χ2v) is 3.34. The van der Waals surface area contributed by atoms with Crippen LogP contribution in [0.2, 0.25) is 0 Å². The summed E-state index contributed by atoms with van der Waals surface area (Å²) in [5, 5.41) is 9.78. The lowest BCUT2D eigenvalue weighted by molar-refractivity contribution is -0.384. The van der Waals surface area contributed by atoms with E-state index in [9.17, 15) is 14.9 Å². The van der Waals surface area contributed by atoms with Gasteiger partial charge in [-0.25, -0.2) is 0 Å². The van der Waals surface area contributed by atoms with Crippen molar-refractivity contribution in [2.24, 2.45) is 0 Å². The van der Waals surface area contributed by atoms with Crippen molar-refractivity contribution < 1.29 is 9.72 Å². The molecule has 1 unspecified atom stereocenters. The average molecular weight is 214 g/mol. The molecule has 0 N–H and O–H groups in total. The van der Waals surface area contributed by atoms with Crippen LogP contribution in [-0.4, -0.2) is 16.6 Å². The van der Waals surface area contributed by atoms with Crippen LogP contribution in [0.15, 0.2) is 24.3 Å². The molecule has 4 nitrogen and oxygen atoms in total. The molecule has 1 aromatic rings. The Morgan fingerprint density at radius 1 is 1.57 bits per heavy atom. The first-order chi connectivity index (χ1) is 6.63. The highest BCUT2D eigenvalue weighted by Gasteiger charge is 2.08. The van der Waals surface area contributed by atoms with Crippen molar-refractivity contribution in [1.82, 2.24) is 0 Å². The molecule has 0 aliphatic heterocycles. The minimum atomic E-state index is -0.628. The van der Waals surface area contributed by atoms with Gasteiger partial charge in [0, 0.05) is 12.1 Å². The van der Waals surface area contributed by atoms with Gasteiger partial charge in [0.25, 0.3) is 5.69 Å². The summed E-state index contributed by atoms with van der Waals surface area (Å²) in [6, 6.07) is 6.08. The molecule has 1 rings (SSSR count). The number of hydrogen-bond donors (Lipinski definition) is 0. The summed E-state index contributed by atoms with van der Waals surface area (Å²) in [7, 11) is 0. The topological polar surface area (TPSA) is 60.2 Å². The van der Waals surface area contributed by atoms with Gasteiger partial charge in [-0.05, 0) is 12.0 Å². The van der Waals surface area contributed by atoms with E-state index in [1.54, 1.807) is 12.1 Å². The molecule has 0 heterocycles. The van der Waals surface area contributed by atoms with Gasteiger partial charge < -0.3 is 4.79 Å². The fourth-order valence-electron chi connectivity index (χ4n) is 1.07. The van der Waals surface area contributed by atoms with Gasteiger partial charge in [-0.1, -0.05) is 12.1 Å². The number of nitro benzene ring substituents is 1. The van der Waals surface area contributed by atoms with Crippen molar-refractivity contribution in [2.45, 2.75) is 11.8 Å². The number of halogens is 1. The first-order valence-corrected chi connectivity index (χ1v) is 4.40. The zero-order chi connectivity index (χ0) is 10.6. The lowest BCUT2D eigenvalue weighted by Crippen LogP contribution is -2.04. The zero-order valence-corrected chi connectivity index (χ0v) is 7.98. The smallest absolute Gasteiger partial charge is 0.269 e. The molecule has 1 atom stereocenters. The Labute approximate surface area is 85.6 Å². The number of benzene rings is 1. The van der Waals surface area contributed by atoms with Crippen LogP contribution >= 0.6 is 11.6 Å². The highest BCUT2D eigenvalue weighted by atomic mass is 35.5. The SMILES string of the molecule is O=CC(Cl)Cc1cccc([N+](=O)[O-])c1. The number of nitro groups is 1. The Hall–Kier alpha value is -1.42. The summed E-state index contributed by atoms with van der Waals surface area (Å²) < 4.78 is 0. The van der Waals surface area contributed by atoms with E-state index >= 15 is 0 Å². The van der Waals surface area contributed by atoms with Gasteiger partial charge in [0.15, 0.2) is 0 Å². The average Bonchev–Trinajstić information content (AvgIpc) is 2.18. The molecule has 0 saturated carbocycles. The predicted molar refractivity (Wildman–Crippen MR) is 52.5 cm³/mol. The van der Waals surface area contributed by atoms with E-state index in [0.29, 0.717) is 18.3 Å². The zero-order valence-electron chi connectivity index (χ0n) is 7.22. The normalized spacial score (nSPS) is 12.1. The number of aldehydes is 1. The number of carbonyl (C=O) groups is 1. The van der Waals surface area contributed by atoms with E-state index in [-0.39, 0.29) is 5.69 Å². The molecule has 74 valence electrons. The molecular formula is C9H8ClNO3. The largest absolute Gasteiger partial charge is 0.302 e. The third kappa shape index (κ3) is 2.81. The van der Waals surface area contributed by atoms with Crippen LogP contribution < -0.4 is 0 Å². The van der Waals surface area contributed by atoms with Gasteiger partial charge in [-0.2, -0.15) is 0 Å². The van der Waals surface area contributed by atoms with Crippen molar-refractivity contribution >= 4 is 23.6 Å². The molecule has 0 radical (unpaired) electrons. The van der Waals surface area contributed by atoms with Crippen LogP contribution in [0.4, 0.5) is 5.69 Å². The predicted octanol–water partition coefficient (Wildman–Crippen LogP) is 1.94. The van der Waals surface area contributed by atoms with E-state index in [0.717, 1.165) is 0 Å². The highest BCUT2D eigenvalue weighted by molar-refractivity contribution is 6.27. The van der Waals surface area contributed by atoms with E-state index in [4.69, 9.17) is 11.6 Å². The van der Waals surface area contributed by atoms with Gasteiger partial charge in [0.05, 0.1) is 10.3 Å². The molecule has 14 heavy (non-hydrogen) atoms. The van der Waals surface area contributed by atoms with Crippen LogP contribution in [0, 0.1) is 10.1 Å². The van der Waals surface area contributed by atoms with Crippen LogP contribution in [0.1, 0.15) is 5.56 Å². The Kier molecular flexibility index (Phi) is 3.59. The van der Waals surface area contributed by atoms with Crippen molar-refractivity contribution in [3.05, 3.63) is 39.9 Å². The van der Waals surface area contributed by atoms with E-state index < -0.39 is 10.3 Å². The molecule has 5 heteroatoms. The Balaban J connectivity index is 2.83. The van der Waals surface area contributed by atoms with Gasteiger partial charge in [-0.3, -0.25) is 10.1 Å². The van der Waals surface area contributed by atoms with Crippen molar-refractivity contribution in [2.75, 3.05) is 0 Å². The van der Waals surface area contributed by atoms with Gasteiger partial charge >= 0.3 is 0 Å². The first-order valence-electron chi connectivity index (χ1n) is 3.96. The third-order valence-corrected chi connectivity index (χ3v) is 1.96. The standard InChI is InChI=1S/C9H8ClNO3/c10-8(6-12)4-7-2-1-3-9(5-7)11(13)14/h1-3,5-6,8H,4H2. The number of hydrogen-bond acceptors (Lipinski definition) is 3. The van der Waals surface area contributed by atoms with Gasteiger partial charge in [0.1, 0.15) is 6.29 Å². The van der Waals surface area contributed by atoms with Crippen LogP contribution in [-0.2, 0) is 11.2 Å². The summed E-state index contributed by atoms with van der Waals surface area (Å²) in [4.78, 5) is 20.2. The Morgan fingerprint density at radius 2 is 2.29 bits per heavy atom. The molecule has 0 aliphatic rings. The second-order valence-electron chi connectivity index (χ2n) is 2.78. The third-order valence-electron chi connectivity index (χ3n) is 1.70. The molecule has 0 saturated heterocycles. The van der Waals surface area contributed by atoms with E-state index in [1.807, 2.05) is 0 Å². The maximum absolute atomic E-state index is 10.4. The Morgan fingerprint density at radius 3 is 2.86 bits per heavy atom. The minimum Gasteiger partial charge on any atom is -0.302 e. The summed E-state index contributed by atoms with van der Waals surface area (Å²) >= 11 is 5.59. The number of nitrogens with zero attached hydrogens (tertiary/aromatic N) is 1. The highest BCUT2D eigenvalue weighted by Crippen LogP contribution is 2.15. The van der Waals surface area contributed by atoms with Crippen LogP contribution in [0.5, 0.6) is 0 Å². The molecule has 0 aliphatic carbocycles. The van der Waals surface area contributed by atoms with Crippen LogP contribution in [0.3, 0.4) is 0 Å². The summed E-state index contributed by atoms with van der Waals surface area (Å²) in [6.45, 7) is 0. The molecule has 0 amide bonds. The van der Waals surface area contributed by atoms with Gasteiger partial charge in [0.2, 0.25) is 0 Å². The lowest BCUT2D eigenvalue weighted by Gasteiger charge is -2.01. The van der Waals surface area contributed by atoms with Crippen molar-refractivity contribution in [3.8, 4) is 0 Å². The number of carbonyl (C=O) groups excluding carboxylic acids is 1. The molecule has 0 fully saturated rings. The monoisotopic (exact) mass is 213 g/mol. The molecule has 1 aromatic carbocycles. The molecule has 0 aromatic heterocycles. The summed E-state index contributed by atoms with van der Waals surface area (Å²) in [6.07, 6.45) is 0.924. The Bertz CT molecular complexity index is 354. The summed E-state index contributed by atoms with van der Waals surface area (Å²) in [5.41, 5.74) is 0.698. The fraction of sp³-hybridized carbons (Fsp3) is 0.222. The van der Waals surface area contributed by atoms with E-state index in [2.05, 4.69) is 0 Å². The van der Waals surface area contributed by atoms with E-state index in [1.165, 1.54) is 12.1 Å². The minimum absolute atomic E-state index is 0.0114. The van der Waals surface area contributed by atoms with Crippen molar-refractivity contribution in [1.29, 1.82) is 0 Å².